The topological polar surface area (TPSA) is 45.7 Å². The number of hydrogen-bond donors (Lipinski definition) is 0. The summed E-state index contributed by atoms with van der Waals surface area (Å²) < 4.78 is 56.6. The minimum absolute atomic E-state index is 0.0699. The Bertz CT molecular complexity index is 804. The maximum Gasteiger partial charge on any atom is 0.417 e. The van der Waals surface area contributed by atoms with Gasteiger partial charge in [-0.25, -0.2) is 9.37 Å². The monoisotopic (exact) mass is 397 g/mol. The van der Waals surface area contributed by atoms with Crippen molar-refractivity contribution in [1.82, 2.24) is 9.88 Å². The molecule has 1 aromatic heterocycles. The number of para-hydroxylation sites is 1. The molecule has 1 aliphatic heterocycles. The molecule has 1 fully saturated rings. The second kappa shape index (κ2) is 8.45. The molecule has 1 amide bonds. The molecule has 3 rings (SSSR count). The first-order chi connectivity index (χ1) is 13.3. The normalized spacial score (nSPS) is 14.9. The second-order valence-corrected chi connectivity index (χ2v) is 6.30. The van der Waals surface area contributed by atoms with E-state index in [1.165, 1.54) is 18.2 Å². The molecule has 5 nitrogen and oxygen atoms in total. The third kappa shape index (κ3) is 4.90. The fourth-order valence-electron chi connectivity index (χ4n) is 2.89. The fraction of sp³-hybridized carbons (Fsp3) is 0.368. The van der Waals surface area contributed by atoms with Gasteiger partial charge in [-0.15, -0.1) is 0 Å². The summed E-state index contributed by atoms with van der Waals surface area (Å²) in [6, 6.07) is 8.32. The van der Waals surface area contributed by atoms with Crippen LogP contribution in [0.3, 0.4) is 0 Å². The Hall–Kier alpha value is -2.84. The van der Waals surface area contributed by atoms with Crippen LogP contribution in [0, 0.1) is 5.82 Å². The Morgan fingerprint density at radius 3 is 2.39 bits per heavy atom. The van der Waals surface area contributed by atoms with Crippen molar-refractivity contribution < 1.29 is 27.1 Å². The summed E-state index contributed by atoms with van der Waals surface area (Å²) in [6.07, 6.45) is -3.48. The fourth-order valence-corrected chi connectivity index (χ4v) is 2.89. The summed E-state index contributed by atoms with van der Waals surface area (Å²) in [5, 5.41) is 0. The minimum atomic E-state index is -4.42. The molecule has 0 bridgehead atoms. The van der Waals surface area contributed by atoms with Crippen LogP contribution in [0.4, 0.5) is 23.4 Å². The maximum absolute atomic E-state index is 13.5. The van der Waals surface area contributed by atoms with Gasteiger partial charge in [0.15, 0.2) is 11.6 Å². The summed E-state index contributed by atoms with van der Waals surface area (Å²) in [4.78, 5) is 19.6. The van der Waals surface area contributed by atoms with Crippen LogP contribution in [0.1, 0.15) is 12.0 Å². The van der Waals surface area contributed by atoms with Gasteiger partial charge < -0.3 is 14.5 Å². The van der Waals surface area contributed by atoms with E-state index >= 15 is 0 Å². The van der Waals surface area contributed by atoms with Crippen LogP contribution in [0.25, 0.3) is 0 Å². The van der Waals surface area contributed by atoms with Crippen LogP contribution in [0.15, 0.2) is 42.6 Å². The lowest BCUT2D eigenvalue weighted by molar-refractivity contribution is -0.138. The van der Waals surface area contributed by atoms with Gasteiger partial charge in [-0.3, -0.25) is 4.79 Å². The lowest BCUT2D eigenvalue weighted by Gasteiger charge is -2.35. The van der Waals surface area contributed by atoms with E-state index in [0.717, 1.165) is 12.3 Å². The van der Waals surface area contributed by atoms with E-state index in [4.69, 9.17) is 4.74 Å². The van der Waals surface area contributed by atoms with Gasteiger partial charge in [0, 0.05) is 32.4 Å². The van der Waals surface area contributed by atoms with E-state index < -0.39 is 17.6 Å². The summed E-state index contributed by atoms with van der Waals surface area (Å²) in [7, 11) is 0. The Morgan fingerprint density at radius 2 is 1.79 bits per heavy atom. The molecule has 1 aromatic carbocycles. The third-order valence-electron chi connectivity index (χ3n) is 4.44. The number of piperazine rings is 1. The molecule has 0 unspecified atom stereocenters. The van der Waals surface area contributed by atoms with Crippen molar-refractivity contribution in [3.8, 4) is 5.75 Å². The first-order valence-electron chi connectivity index (χ1n) is 8.78. The predicted molar refractivity (Wildman–Crippen MR) is 94.5 cm³/mol. The zero-order chi connectivity index (χ0) is 20.1. The molecule has 1 aliphatic rings. The van der Waals surface area contributed by atoms with Gasteiger partial charge >= 0.3 is 6.18 Å². The number of ether oxygens (including phenoxy) is 1. The number of hydrogen-bond acceptors (Lipinski definition) is 4. The first kappa shape index (κ1) is 19.9. The third-order valence-corrected chi connectivity index (χ3v) is 4.44. The summed E-state index contributed by atoms with van der Waals surface area (Å²) >= 11 is 0. The van der Waals surface area contributed by atoms with Crippen molar-refractivity contribution in [3.63, 3.8) is 0 Å². The standard InChI is InChI=1S/C19H19F4N3O2/c20-15-3-1-2-4-16(15)28-12-7-18(27)26-10-8-25(9-11-26)17-6-5-14(13-24-17)19(21,22)23/h1-6,13H,7-12H2. The van der Waals surface area contributed by atoms with Gasteiger partial charge in [0.05, 0.1) is 18.6 Å². The zero-order valence-electron chi connectivity index (χ0n) is 15.0. The lowest BCUT2D eigenvalue weighted by atomic mass is 10.2. The number of amides is 1. The highest BCUT2D eigenvalue weighted by Gasteiger charge is 2.31. The molecule has 0 spiro atoms. The number of pyridine rings is 1. The first-order valence-corrected chi connectivity index (χ1v) is 8.78. The van der Waals surface area contributed by atoms with Gasteiger partial charge in [0.25, 0.3) is 0 Å². The van der Waals surface area contributed by atoms with E-state index in [1.54, 1.807) is 17.0 Å². The van der Waals surface area contributed by atoms with E-state index in [0.29, 0.717) is 32.0 Å². The van der Waals surface area contributed by atoms with Crippen LogP contribution in [0.5, 0.6) is 5.75 Å². The lowest BCUT2D eigenvalue weighted by Crippen LogP contribution is -2.49. The number of anilines is 1. The van der Waals surface area contributed by atoms with Crippen molar-refractivity contribution in [2.75, 3.05) is 37.7 Å². The highest BCUT2D eigenvalue weighted by atomic mass is 19.4. The van der Waals surface area contributed by atoms with Crippen molar-refractivity contribution in [1.29, 1.82) is 0 Å². The van der Waals surface area contributed by atoms with Crippen molar-refractivity contribution in [3.05, 3.63) is 54.0 Å². The molecule has 9 heteroatoms. The summed E-state index contributed by atoms with van der Waals surface area (Å²) in [6.45, 7) is 1.87. The second-order valence-electron chi connectivity index (χ2n) is 6.30. The molecule has 0 saturated carbocycles. The number of alkyl halides is 3. The Balaban J connectivity index is 1.45. The van der Waals surface area contributed by atoms with Gasteiger partial charge in [0.1, 0.15) is 5.82 Å². The van der Waals surface area contributed by atoms with Crippen LogP contribution >= 0.6 is 0 Å². The molecule has 0 N–H and O–H groups in total. The maximum atomic E-state index is 13.5. The summed E-state index contributed by atoms with van der Waals surface area (Å²) in [5.41, 5.74) is -0.792. The molecule has 0 aliphatic carbocycles. The van der Waals surface area contributed by atoms with E-state index in [-0.39, 0.29) is 24.7 Å². The number of carbonyl (C=O) groups excluding carboxylic acids is 1. The number of benzene rings is 1. The SMILES string of the molecule is O=C(CCOc1ccccc1F)N1CCN(c2ccc(C(F)(F)F)cn2)CC1. The largest absolute Gasteiger partial charge is 0.490 e. The molecule has 2 heterocycles. The van der Waals surface area contributed by atoms with Gasteiger partial charge in [-0.05, 0) is 24.3 Å². The van der Waals surface area contributed by atoms with E-state index in [2.05, 4.69) is 4.98 Å². The van der Waals surface area contributed by atoms with Crippen molar-refractivity contribution in [2.24, 2.45) is 0 Å². The Kier molecular flexibility index (Phi) is 6.01. The average Bonchev–Trinajstić information content (AvgIpc) is 2.69. The molecule has 28 heavy (non-hydrogen) atoms. The number of rotatable bonds is 5. The van der Waals surface area contributed by atoms with Gasteiger partial charge in [-0.1, -0.05) is 12.1 Å². The molecule has 1 saturated heterocycles. The molecule has 0 atom stereocenters. The van der Waals surface area contributed by atoms with Gasteiger partial charge in [-0.2, -0.15) is 13.2 Å². The average molecular weight is 397 g/mol. The van der Waals surface area contributed by atoms with Crippen LogP contribution < -0.4 is 9.64 Å². The van der Waals surface area contributed by atoms with Crippen LogP contribution in [0.2, 0.25) is 0 Å². The van der Waals surface area contributed by atoms with Crippen molar-refractivity contribution >= 4 is 11.7 Å². The minimum Gasteiger partial charge on any atom is -0.490 e. The van der Waals surface area contributed by atoms with E-state index in [9.17, 15) is 22.4 Å². The molecule has 150 valence electrons. The van der Waals surface area contributed by atoms with Crippen LogP contribution in [-0.4, -0.2) is 48.6 Å². The number of nitrogens with zero attached hydrogens (tertiary/aromatic N) is 3. The molecule has 2 aromatic rings. The van der Waals surface area contributed by atoms with Gasteiger partial charge in [0.2, 0.25) is 5.91 Å². The number of carbonyl (C=O) groups is 1. The highest BCUT2D eigenvalue weighted by molar-refractivity contribution is 5.76. The highest BCUT2D eigenvalue weighted by Crippen LogP contribution is 2.29. The summed E-state index contributed by atoms with van der Waals surface area (Å²) in [5.74, 6) is -0.0412. The number of halogens is 4. The molecular weight excluding hydrogens is 378 g/mol. The van der Waals surface area contributed by atoms with Crippen molar-refractivity contribution in [2.45, 2.75) is 12.6 Å². The Labute approximate surface area is 159 Å². The van der Waals surface area contributed by atoms with Crippen LogP contribution in [-0.2, 0) is 11.0 Å². The number of aromatic nitrogens is 1. The molecular formula is C19H19F4N3O2. The smallest absolute Gasteiger partial charge is 0.417 e. The predicted octanol–water partition coefficient (Wildman–Crippen LogP) is 3.36. The molecule has 0 radical (unpaired) electrons. The quantitative estimate of drug-likeness (QED) is 0.726. The van der Waals surface area contributed by atoms with E-state index in [1.807, 2.05) is 4.90 Å². The zero-order valence-corrected chi connectivity index (χ0v) is 15.0. The Morgan fingerprint density at radius 1 is 1.07 bits per heavy atom.